The first-order chi connectivity index (χ1) is 13.1. The molecule has 0 amide bonds. The van der Waals surface area contributed by atoms with Gasteiger partial charge in [0.15, 0.2) is 5.75 Å². The smallest absolute Gasteiger partial charge is 0.343 e. The highest BCUT2D eigenvalue weighted by molar-refractivity contribution is 5.89. The van der Waals surface area contributed by atoms with Gasteiger partial charge in [-0.05, 0) is 26.0 Å². The van der Waals surface area contributed by atoms with Crippen molar-refractivity contribution in [2.75, 3.05) is 6.61 Å². The van der Waals surface area contributed by atoms with Crippen LogP contribution in [0.25, 0.3) is 0 Å². The molecular formula is C19H20N4O4. The molecule has 1 aromatic carbocycles. The average molecular weight is 368 g/mol. The first-order valence-electron chi connectivity index (χ1n) is 8.56. The third-order valence-electron chi connectivity index (χ3n) is 3.88. The monoisotopic (exact) mass is 368 g/mol. The van der Waals surface area contributed by atoms with Crippen LogP contribution in [0, 0.1) is 0 Å². The number of carbonyl (C=O) groups excluding carboxylic acids is 1. The van der Waals surface area contributed by atoms with Crippen molar-refractivity contribution in [1.82, 2.24) is 19.3 Å². The molecule has 3 rings (SSSR count). The van der Waals surface area contributed by atoms with E-state index in [4.69, 9.17) is 9.47 Å². The van der Waals surface area contributed by atoms with E-state index in [2.05, 4.69) is 10.1 Å². The third-order valence-corrected chi connectivity index (χ3v) is 3.88. The predicted molar refractivity (Wildman–Crippen MR) is 97.9 cm³/mol. The highest BCUT2D eigenvalue weighted by Gasteiger charge is 2.18. The molecule has 0 saturated heterocycles. The Morgan fingerprint density at radius 2 is 2.00 bits per heavy atom. The second kappa shape index (κ2) is 8.31. The van der Waals surface area contributed by atoms with Crippen molar-refractivity contribution in [3.8, 4) is 11.5 Å². The Hall–Kier alpha value is -3.42. The maximum atomic E-state index is 12.7. The molecule has 3 aromatic rings. The van der Waals surface area contributed by atoms with E-state index in [1.807, 2.05) is 13.0 Å². The number of para-hydroxylation sites is 1. The Bertz CT molecular complexity index is 952. The molecule has 0 spiro atoms. The predicted octanol–water partition coefficient (Wildman–Crippen LogP) is 2.67. The van der Waals surface area contributed by atoms with Gasteiger partial charge in [-0.1, -0.05) is 18.2 Å². The minimum Gasteiger partial charge on any atom is -0.462 e. The molecular weight excluding hydrogens is 348 g/mol. The summed E-state index contributed by atoms with van der Waals surface area (Å²) in [5, 5.41) is 4.11. The number of aromatic nitrogens is 4. The van der Waals surface area contributed by atoms with Crippen molar-refractivity contribution in [2.24, 2.45) is 0 Å². The molecule has 0 N–H and O–H groups in total. The van der Waals surface area contributed by atoms with Crippen LogP contribution in [-0.2, 0) is 11.3 Å². The number of ether oxygens (including phenoxy) is 2. The number of esters is 1. The zero-order valence-electron chi connectivity index (χ0n) is 15.1. The number of hydrogen-bond donors (Lipinski definition) is 0. The highest BCUT2D eigenvalue weighted by atomic mass is 16.5. The quantitative estimate of drug-likeness (QED) is 0.596. The fraction of sp³-hybridized carbons (Fsp3) is 0.263. The van der Waals surface area contributed by atoms with Crippen LogP contribution < -0.4 is 10.2 Å². The van der Waals surface area contributed by atoms with Crippen LogP contribution in [0.3, 0.4) is 0 Å². The van der Waals surface area contributed by atoms with Crippen LogP contribution in [0.4, 0.5) is 0 Å². The van der Waals surface area contributed by atoms with Crippen LogP contribution in [-0.4, -0.2) is 31.9 Å². The molecule has 0 aliphatic carbocycles. The Morgan fingerprint density at radius 1 is 1.22 bits per heavy atom. The summed E-state index contributed by atoms with van der Waals surface area (Å²) >= 11 is 0. The Morgan fingerprint density at radius 3 is 2.67 bits per heavy atom. The molecule has 0 aliphatic rings. The summed E-state index contributed by atoms with van der Waals surface area (Å²) in [6.07, 6.45) is 6.12. The summed E-state index contributed by atoms with van der Waals surface area (Å²) in [6.45, 7) is 4.28. The van der Waals surface area contributed by atoms with Crippen molar-refractivity contribution in [3.63, 3.8) is 0 Å². The number of carbonyl (C=O) groups is 1. The Balaban J connectivity index is 1.97. The van der Waals surface area contributed by atoms with Crippen LogP contribution in [0.5, 0.6) is 11.5 Å². The van der Waals surface area contributed by atoms with Gasteiger partial charge < -0.3 is 14.0 Å². The fourth-order valence-corrected chi connectivity index (χ4v) is 2.59. The van der Waals surface area contributed by atoms with Gasteiger partial charge in [0.1, 0.15) is 24.0 Å². The summed E-state index contributed by atoms with van der Waals surface area (Å²) in [4.78, 5) is 28.8. The van der Waals surface area contributed by atoms with Crippen molar-refractivity contribution >= 4 is 5.97 Å². The van der Waals surface area contributed by atoms with E-state index in [9.17, 15) is 9.59 Å². The van der Waals surface area contributed by atoms with Gasteiger partial charge in [-0.15, -0.1) is 0 Å². The van der Waals surface area contributed by atoms with Gasteiger partial charge in [0.25, 0.3) is 0 Å². The number of nitrogens with zero attached hydrogens (tertiary/aromatic N) is 4. The lowest BCUT2D eigenvalue weighted by Crippen LogP contribution is -2.23. The van der Waals surface area contributed by atoms with E-state index in [1.165, 1.54) is 12.5 Å². The molecule has 0 aliphatic heterocycles. The van der Waals surface area contributed by atoms with E-state index in [0.717, 1.165) is 0 Å². The van der Waals surface area contributed by atoms with E-state index < -0.39 is 11.4 Å². The fourth-order valence-electron chi connectivity index (χ4n) is 2.59. The molecule has 8 heteroatoms. The molecule has 2 heterocycles. The molecule has 2 aromatic heterocycles. The normalized spacial score (nSPS) is 11.8. The van der Waals surface area contributed by atoms with Gasteiger partial charge in [-0.25, -0.2) is 14.5 Å². The molecule has 0 radical (unpaired) electrons. The van der Waals surface area contributed by atoms with Crippen molar-refractivity contribution in [3.05, 3.63) is 71.2 Å². The second-order valence-corrected chi connectivity index (χ2v) is 5.92. The highest BCUT2D eigenvalue weighted by Crippen LogP contribution is 2.19. The molecule has 0 unspecified atom stereocenters. The zero-order chi connectivity index (χ0) is 19.2. The summed E-state index contributed by atoms with van der Waals surface area (Å²) in [5.74, 6) is -0.118. The van der Waals surface area contributed by atoms with Crippen LogP contribution in [0.15, 0.2) is 60.2 Å². The number of rotatable bonds is 7. The van der Waals surface area contributed by atoms with Gasteiger partial charge in [-0.2, -0.15) is 5.10 Å². The standard InChI is InChI=1S/C19H20N4O4/c1-3-26-19(25)16-10-22(9-14(2)23-13-20-12-21-23)11-17(18(16)24)27-15-7-5-4-6-8-15/h4-8,10-14H,3,9H2,1-2H3/t14-/m0/s1. The maximum absolute atomic E-state index is 12.7. The summed E-state index contributed by atoms with van der Waals surface area (Å²) in [5.41, 5.74) is -0.585. The lowest BCUT2D eigenvalue weighted by atomic mass is 10.2. The van der Waals surface area contributed by atoms with Crippen LogP contribution in [0.1, 0.15) is 30.2 Å². The zero-order valence-corrected chi connectivity index (χ0v) is 15.1. The number of pyridine rings is 1. The minimum absolute atomic E-state index is 0.0466. The molecule has 1 atom stereocenters. The largest absolute Gasteiger partial charge is 0.462 e. The molecule has 0 bridgehead atoms. The van der Waals surface area contributed by atoms with Gasteiger partial charge in [0.2, 0.25) is 5.43 Å². The topological polar surface area (TPSA) is 88.2 Å². The van der Waals surface area contributed by atoms with Crippen molar-refractivity contribution < 1.29 is 14.3 Å². The summed E-state index contributed by atoms with van der Waals surface area (Å²) in [6, 6.07) is 8.87. The SMILES string of the molecule is CCOC(=O)c1cn(C[C@H](C)n2cncn2)cc(Oc2ccccc2)c1=O. The van der Waals surface area contributed by atoms with Gasteiger partial charge >= 0.3 is 5.97 Å². The molecule has 27 heavy (non-hydrogen) atoms. The van der Waals surface area contributed by atoms with Crippen LogP contribution >= 0.6 is 0 Å². The number of benzene rings is 1. The lowest BCUT2D eigenvalue weighted by molar-refractivity contribution is 0.0523. The minimum atomic E-state index is -0.678. The second-order valence-electron chi connectivity index (χ2n) is 5.92. The Kier molecular flexibility index (Phi) is 5.65. The third kappa shape index (κ3) is 4.41. The Labute approximate surface area is 156 Å². The van der Waals surface area contributed by atoms with Crippen molar-refractivity contribution in [2.45, 2.75) is 26.4 Å². The molecule has 0 saturated carbocycles. The molecule has 0 fully saturated rings. The number of hydrogen-bond acceptors (Lipinski definition) is 6. The van der Waals surface area contributed by atoms with E-state index >= 15 is 0 Å². The molecule has 8 nitrogen and oxygen atoms in total. The lowest BCUT2D eigenvalue weighted by Gasteiger charge is -2.16. The van der Waals surface area contributed by atoms with E-state index in [0.29, 0.717) is 12.3 Å². The summed E-state index contributed by atoms with van der Waals surface area (Å²) in [7, 11) is 0. The molecule has 140 valence electrons. The maximum Gasteiger partial charge on any atom is 0.343 e. The van der Waals surface area contributed by atoms with Gasteiger partial charge in [-0.3, -0.25) is 4.79 Å². The van der Waals surface area contributed by atoms with Gasteiger partial charge in [0, 0.05) is 12.7 Å². The first-order valence-corrected chi connectivity index (χ1v) is 8.56. The first kappa shape index (κ1) is 18.4. The van der Waals surface area contributed by atoms with Gasteiger partial charge in [0.05, 0.1) is 18.8 Å². The van der Waals surface area contributed by atoms with Crippen LogP contribution in [0.2, 0.25) is 0 Å². The van der Waals surface area contributed by atoms with E-state index in [-0.39, 0.29) is 24.0 Å². The van der Waals surface area contributed by atoms with Crippen molar-refractivity contribution in [1.29, 1.82) is 0 Å². The van der Waals surface area contributed by atoms with E-state index in [1.54, 1.807) is 53.0 Å². The average Bonchev–Trinajstić information content (AvgIpc) is 3.20. The summed E-state index contributed by atoms with van der Waals surface area (Å²) < 4.78 is 14.1.